The Morgan fingerprint density at radius 3 is 2.53 bits per heavy atom. The zero-order valence-electron chi connectivity index (χ0n) is 11.8. The van der Waals surface area contributed by atoms with Crippen molar-refractivity contribution >= 4 is 15.9 Å². The van der Waals surface area contributed by atoms with Gasteiger partial charge in [0.1, 0.15) is 10.3 Å². The van der Waals surface area contributed by atoms with Crippen LogP contribution in [0.1, 0.15) is 69.8 Å². The van der Waals surface area contributed by atoms with Crippen molar-refractivity contribution < 1.29 is 0 Å². The number of aromatic nitrogens is 2. The number of rotatable bonds is 4. The molecular formula is C15H23BrN2O. The van der Waals surface area contributed by atoms with E-state index in [-0.39, 0.29) is 5.56 Å². The molecule has 0 atom stereocenters. The van der Waals surface area contributed by atoms with E-state index in [9.17, 15) is 4.79 Å². The molecular weight excluding hydrogens is 304 g/mol. The van der Waals surface area contributed by atoms with Gasteiger partial charge in [0.25, 0.3) is 5.56 Å². The van der Waals surface area contributed by atoms with Gasteiger partial charge in [0.05, 0.1) is 5.69 Å². The van der Waals surface area contributed by atoms with E-state index in [1.54, 1.807) is 0 Å². The van der Waals surface area contributed by atoms with Crippen molar-refractivity contribution in [1.29, 1.82) is 0 Å². The lowest BCUT2D eigenvalue weighted by molar-refractivity contribution is 0.311. The molecule has 1 aromatic heterocycles. The fourth-order valence-electron chi connectivity index (χ4n) is 2.96. The molecule has 0 spiro atoms. The highest BCUT2D eigenvalue weighted by Gasteiger charge is 2.23. The fraction of sp³-hybridized carbons (Fsp3) is 0.733. The van der Waals surface area contributed by atoms with E-state index in [0.717, 1.165) is 43.1 Å². The Morgan fingerprint density at radius 1 is 1.26 bits per heavy atom. The van der Waals surface area contributed by atoms with Crippen molar-refractivity contribution in [2.75, 3.05) is 0 Å². The number of halogens is 1. The van der Waals surface area contributed by atoms with E-state index in [0.29, 0.717) is 10.4 Å². The molecule has 1 aromatic rings. The summed E-state index contributed by atoms with van der Waals surface area (Å²) in [5.74, 6) is 2.22. The fourth-order valence-corrected chi connectivity index (χ4v) is 3.35. The molecule has 1 fully saturated rings. The highest BCUT2D eigenvalue weighted by atomic mass is 79.9. The SMILES string of the molecule is CCCc1nc(C2CCC(CC)CC2)[nH]c(=O)c1Br. The molecule has 4 heteroatoms. The van der Waals surface area contributed by atoms with Crippen LogP contribution in [-0.2, 0) is 6.42 Å². The van der Waals surface area contributed by atoms with Crippen molar-refractivity contribution in [3.8, 4) is 0 Å². The standard InChI is InChI=1S/C15H23BrN2O/c1-3-5-12-13(16)15(19)18-14(17-12)11-8-6-10(4-2)7-9-11/h10-11H,3-9H2,1-2H3,(H,17,18,19). The van der Waals surface area contributed by atoms with Gasteiger partial charge in [-0.1, -0.05) is 26.7 Å². The first kappa shape index (κ1) is 14.8. The van der Waals surface area contributed by atoms with Gasteiger partial charge in [-0.25, -0.2) is 4.98 Å². The second-order valence-electron chi connectivity index (χ2n) is 5.59. The number of nitrogens with zero attached hydrogens (tertiary/aromatic N) is 1. The molecule has 106 valence electrons. The summed E-state index contributed by atoms with van der Waals surface area (Å²) in [6.07, 6.45) is 8.01. The highest BCUT2D eigenvalue weighted by molar-refractivity contribution is 9.10. The maximum absolute atomic E-state index is 12.0. The van der Waals surface area contributed by atoms with Crippen molar-refractivity contribution in [3.63, 3.8) is 0 Å². The third kappa shape index (κ3) is 3.47. The average molecular weight is 327 g/mol. The Morgan fingerprint density at radius 2 is 1.95 bits per heavy atom. The van der Waals surface area contributed by atoms with Crippen LogP contribution >= 0.6 is 15.9 Å². The van der Waals surface area contributed by atoms with Crippen LogP contribution in [-0.4, -0.2) is 9.97 Å². The zero-order chi connectivity index (χ0) is 13.8. The molecule has 0 unspecified atom stereocenters. The van der Waals surface area contributed by atoms with Gasteiger partial charge in [0.15, 0.2) is 0 Å². The zero-order valence-corrected chi connectivity index (χ0v) is 13.4. The van der Waals surface area contributed by atoms with Gasteiger partial charge in [-0.3, -0.25) is 4.79 Å². The smallest absolute Gasteiger partial charge is 0.265 e. The number of aryl methyl sites for hydroxylation is 1. The summed E-state index contributed by atoms with van der Waals surface area (Å²) >= 11 is 3.35. The second-order valence-corrected chi connectivity index (χ2v) is 6.38. The van der Waals surface area contributed by atoms with Gasteiger partial charge < -0.3 is 4.98 Å². The number of aromatic amines is 1. The highest BCUT2D eigenvalue weighted by Crippen LogP contribution is 2.35. The number of H-pyrrole nitrogens is 1. The summed E-state index contributed by atoms with van der Waals surface area (Å²) in [5.41, 5.74) is 0.893. The molecule has 1 heterocycles. The number of hydrogen-bond donors (Lipinski definition) is 1. The molecule has 0 radical (unpaired) electrons. The van der Waals surface area contributed by atoms with Gasteiger partial charge in [-0.05, 0) is 54.0 Å². The Balaban J connectivity index is 2.19. The Hall–Kier alpha value is -0.640. The summed E-state index contributed by atoms with van der Waals surface area (Å²) < 4.78 is 0.611. The van der Waals surface area contributed by atoms with Gasteiger partial charge >= 0.3 is 0 Å². The predicted molar refractivity (Wildman–Crippen MR) is 81.5 cm³/mol. The van der Waals surface area contributed by atoms with Crippen LogP contribution in [0.2, 0.25) is 0 Å². The van der Waals surface area contributed by atoms with Crippen molar-refractivity contribution in [2.24, 2.45) is 5.92 Å². The summed E-state index contributed by atoms with van der Waals surface area (Å²) in [6, 6.07) is 0. The van der Waals surface area contributed by atoms with Gasteiger partial charge in [-0.2, -0.15) is 0 Å². The first-order chi connectivity index (χ1) is 9.15. The van der Waals surface area contributed by atoms with Crippen LogP contribution in [0.25, 0.3) is 0 Å². The van der Waals surface area contributed by atoms with Crippen LogP contribution < -0.4 is 5.56 Å². The first-order valence-corrected chi connectivity index (χ1v) is 8.23. The molecule has 1 aliphatic carbocycles. The average Bonchev–Trinajstić information content (AvgIpc) is 2.44. The van der Waals surface area contributed by atoms with E-state index in [1.165, 1.54) is 19.3 Å². The second kappa shape index (κ2) is 6.69. The maximum Gasteiger partial charge on any atom is 0.265 e. The number of hydrogen-bond acceptors (Lipinski definition) is 2. The van der Waals surface area contributed by atoms with E-state index < -0.39 is 0 Å². The third-order valence-corrected chi connectivity index (χ3v) is 5.07. The van der Waals surface area contributed by atoms with E-state index in [2.05, 4.69) is 34.8 Å². The molecule has 1 aliphatic rings. The van der Waals surface area contributed by atoms with E-state index in [1.807, 2.05) is 0 Å². The molecule has 1 saturated carbocycles. The van der Waals surface area contributed by atoms with Crippen molar-refractivity contribution in [2.45, 2.75) is 64.7 Å². The minimum Gasteiger partial charge on any atom is -0.309 e. The minimum atomic E-state index is -0.0222. The van der Waals surface area contributed by atoms with Crippen LogP contribution in [0, 0.1) is 5.92 Å². The third-order valence-electron chi connectivity index (χ3n) is 4.25. The van der Waals surface area contributed by atoms with Crippen LogP contribution in [0.5, 0.6) is 0 Å². The van der Waals surface area contributed by atoms with Crippen LogP contribution in [0.3, 0.4) is 0 Å². The molecule has 19 heavy (non-hydrogen) atoms. The number of nitrogens with one attached hydrogen (secondary N) is 1. The van der Waals surface area contributed by atoms with Crippen molar-refractivity contribution in [1.82, 2.24) is 9.97 Å². The molecule has 2 rings (SSSR count). The lowest BCUT2D eigenvalue weighted by Gasteiger charge is -2.27. The molecule has 0 saturated heterocycles. The monoisotopic (exact) mass is 326 g/mol. The summed E-state index contributed by atoms with van der Waals surface area (Å²) in [4.78, 5) is 19.6. The van der Waals surface area contributed by atoms with Crippen molar-refractivity contribution in [3.05, 3.63) is 26.3 Å². The Bertz CT molecular complexity index is 476. The minimum absolute atomic E-state index is 0.0222. The predicted octanol–water partition coefficient (Wildman–Crippen LogP) is 4.17. The van der Waals surface area contributed by atoms with Crippen LogP contribution in [0.4, 0.5) is 0 Å². The molecule has 3 nitrogen and oxygen atoms in total. The summed E-state index contributed by atoms with van der Waals surface area (Å²) in [6.45, 7) is 4.38. The van der Waals surface area contributed by atoms with E-state index >= 15 is 0 Å². The first-order valence-electron chi connectivity index (χ1n) is 7.44. The molecule has 1 N–H and O–H groups in total. The van der Waals surface area contributed by atoms with Crippen LogP contribution in [0.15, 0.2) is 9.27 Å². The molecule has 0 amide bonds. The lowest BCUT2D eigenvalue weighted by atomic mass is 9.80. The maximum atomic E-state index is 12.0. The largest absolute Gasteiger partial charge is 0.309 e. The Labute approximate surface area is 123 Å². The Kier molecular flexibility index (Phi) is 5.20. The lowest BCUT2D eigenvalue weighted by Crippen LogP contribution is -2.21. The van der Waals surface area contributed by atoms with Gasteiger partial charge in [0.2, 0.25) is 0 Å². The molecule has 0 bridgehead atoms. The molecule has 0 aliphatic heterocycles. The van der Waals surface area contributed by atoms with Gasteiger partial charge in [-0.15, -0.1) is 0 Å². The molecule has 0 aromatic carbocycles. The topological polar surface area (TPSA) is 45.8 Å². The van der Waals surface area contributed by atoms with Gasteiger partial charge in [0, 0.05) is 5.92 Å². The quantitative estimate of drug-likeness (QED) is 0.902. The van der Waals surface area contributed by atoms with E-state index in [4.69, 9.17) is 4.98 Å². The summed E-state index contributed by atoms with van der Waals surface area (Å²) in [5, 5.41) is 0. The normalized spacial score (nSPS) is 23.5. The summed E-state index contributed by atoms with van der Waals surface area (Å²) in [7, 11) is 0.